The van der Waals surface area contributed by atoms with Crippen LogP contribution in [0.15, 0.2) is 17.2 Å². The molecule has 0 spiro atoms. The van der Waals surface area contributed by atoms with Crippen molar-refractivity contribution in [1.29, 1.82) is 0 Å². The summed E-state index contributed by atoms with van der Waals surface area (Å²) in [7, 11) is 0. The summed E-state index contributed by atoms with van der Waals surface area (Å²) in [5.41, 5.74) is 11.7. The Labute approximate surface area is 95.9 Å². The van der Waals surface area contributed by atoms with Gasteiger partial charge >= 0.3 is 0 Å². The molecule has 1 rings (SSSR count). The Balaban J connectivity index is 2.59. The summed E-state index contributed by atoms with van der Waals surface area (Å²) in [5, 5.41) is 3.47. The van der Waals surface area contributed by atoms with Gasteiger partial charge in [0.1, 0.15) is 5.75 Å². The van der Waals surface area contributed by atoms with E-state index >= 15 is 0 Å². The molecule has 0 atom stereocenters. The molecule has 0 aliphatic heterocycles. The van der Waals surface area contributed by atoms with Crippen LogP contribution in [0.4, 0.5) is 0 Å². The highest BCUT2D eigenvalue weighted by Crippen LogP contribution is 2.25. The molecular formula is C12H17N3O. The van der Waals surface area contributed by atoms with Crippen LogP contribution in [0.3, 0.4) is 0 Å². The van der Waals surface area contributed by atoms with E-state index < -0.39 is 0 Å². The fraction of sp³-hybridized carbons (Fsp3) is 0.500. The molecule has 0 aliphatic carbocycles. The summed E-state index contributed by atoms with van der Waals surface area (Å²) in [6, 6.07) is 4.16. The zero-order chi connectivity index (χ0) is 12.0. The standard InChI is InChI=1S/C12H17N3O/c1-9-5-6-10(2)12(11(9)3)16-8-4-7-14-15-13/h5-6H,4,7-8H2,1-3H3. The van der Waals surface area contributed by atoms with Crippen LogP contribution in [0.5, 0.6) is 5.75 Å². The number of hydrogen-bond donors (Lipinski definition) is 0. The second-order valence-electron chi connectivity index (χ2n) is 3.81. The molecule has 0 radical (unpaired) electrons. The molecule has 0 saturated heterocycles. The average Bonchev–Trinajstić information content (AvgIpc) is 2.28. The van der Waals surface area contributed by atoms with E-state index in [1.54, 1.807) is 0 Å². The van der Waals surface area contributed by atoms with Crippen molar-refractivity contribution >= 4 is 0 Å². The van der Waals surface area contributed by atoms with Crippen LogP contribution >= 0.6 is 0 Å². The zero-order valence-electron chi connectivity index (χ0n) is 10.0. The molecule has 0 saturated carbocycles. The predicted molar refractivity (Wildman–Crippen MR) is 64.8 cm³/mol. The van der Waals surface area contributed by atoms with E-state index in [0.717, 1.165) is 17.7 Å². The molecule has 86 valence electrons. The largest absolute Gasteiger partial charge is 0.493 e. The molecule has 16 heavy (non-hydrogen) atoms. The zero-order valence-corrected chi connectivity index (χ0v) is 10.0. The number of azide groups is 1. The van der Waals surface area contributed by atoms with Gasteiger partial charge in [-0.2, -0.15) is 0 Å². The number of rotatable bonds is 5. The maximum absolute atomic E-state index is 8.12. The summed E-state index contributed by atoms with van der Waals surface area (Å²) < 4.78 is 5.71. The number of benzene rings is 1. The van der Waals surface area contributed by atoms with Gasteiger partial charge in [0.25, 0.3) is 0 Å². The first-order valence-electron chi connectivity index (χ1n) is 5.37. The van der Waals surface area contributed by atoms with Gasteiger partial charge in [-0.15, -0.1) is 0 Å². The molecule has 0 heterocycles. The first-order chi connectivity index (χ1) is 7.66. The molecule has 0 bridgehead atoms. The van der Waals surface area contributed by atoms with Crippen molar-refractivity contribution < 1.29 is 4.74 Å². The van der Waals surface area contributed by atoms with Crippen molar-refractivity contribution in [2.24, 2.45) is 5.11 Å². The van der Waals surface area contributed by atoms with Gasteiger partial charge in [-0.3, -0.25) is 0 Å². The minimum atomic E-state index is 0.487. The van der Waals surface area contributed by atoms with Gasteiger partial charge in [0.05, 0.1) is 6.61 Å². The van der Waals surface area contributed by atoms with Crippen molar-refractivity contribution in [3.8, 4) is 5.75 Å². The second-order valence-corrected chi connectivity index (χ2v) is 3.81. The van der Waals surface area contributed by atoms with Crippen LogP contribution in [0.2, 0.25) is 0 Å². The van der Waals surface area contributed by atoms with Crippen LogP contribution < -0.4 is 4.74 Å². The van der Waals surface area contributed by atoms with Gasteiger partial charge in [-0.05, 0) is 49.4 Å². The van der Waals surface area contributed by atoms with Crippen molar-refractivity contribution in [2.45, 2.75) is 27.2 Å². The van der Waals surface area contributed by atoms with Crippen LogP contribution in [0.1, 0.15) is 23.1 Å². The highest BCUT2D eigenvalue weighted by Gasteiger charge is 2.05. The van der Waals surface area contributed by atoms with Gasteiger partial charge in [0.2, 0.25) is 0 Å². The van der Waals surface area contributed by atoms with Crippen LogP contribution in [0.25, 0.3) is 10.4 Å². The number of hydrogen-bond acceptors (Lipinski definition) is 2. The Morgan fingerprint density at radius 2 is 1.94 bits per heavy atom. The first kappa shape index (κ1) is 12.4. The molecule has 4 nitrogen and oxygen atoms in total. The number of ether oxygens (including phenoxy) is 1. The number of nitrogens with zero attached hydrogens (tertiary/aromatic N) is 3. The fourth-order valence-corrected chi connectivity index (χ4v) is 1.50. The minimum Gasteiger partial charge on any atom is -0.493 e. The highest BCUT2D eigenvalue weighted by atomic mass is 16.5. The van der Waals surface area contributed by atoms with Gasteiger partial charge in [-0.25, -0.2) is 0 Å². The fourth-order valence-electron chi connectivity index (χ4n) is 1.50. The summed E-state index contributed by atoms with van der Waals surface area (Å²) in [6.45, 7) is 7.24. The van der Waals surface area contributed by atoms with Gasteiger partial charge in [0, 0.05) is 11.5 Å². The maximum atomic E-state index is 8.12. The number of aryl methyl sites for hydroxylation is 2. The molecule has 0 unspecified atom stereocenters. The average molecular weight is 219 g/mol. The lowest BCUT2D eigenvalue weighted by Gasteiger charge is -2.13. The van der Waals surface area contributed by atoms with E-state index in [1.165, 1.54) is 11.1 Å². The van der Waals surface area contributed by atoms with Gasteiger partial charge in [-0.1, -0.05) is 17.2 Å². The van der Waals surface area contributed by atoms with Crippen molar-refractivity contribution in [3.05, 3.63) is 39.3 Å². The predicted octanol–water partition coefficient (Wildman–Crippen LogP) is 3.69. The lowest BCUT2D eigenvalue weighted by molar-refractivity contribution is 0.309. The van der Waals surface area contributed by atoms with E-state index in [-0.39, 0.29) is 0 Å². The monoisotopic (exact) mass is 219 g/mol. The third-order valence-corrected chi connectivity index (χ3v) is 2.59. The SMILES string of the molecule is Cc1ccc(C)c(OCCCN=[N+]=[N-])c1C. The van der Waals surface area contributed by atoms with E-state index in [2.05, 4.69) is 36.0 Å². The molecule has 0 fully saturated rings. The summed E-state index contributed by atoms with van der Waals surface area (Å²) in [4.78, 5) is 2.70. The molecule has 0 aliphatic rings. The minimum absolute atomic E-state index is 0.487. The van der Waals surface area contributed by atoms with Crippen LogP contribution in [-0.4, -0.2) is 13.2 Å². The smallest absolute Gasteiger partial charge is 0.125 e. The maximum Gasteiger partial charge on any atom is 0.125 e. The van der Waals surface area contributed by atoms with Gasteiger partial charge < -0.3 is 4.74 Å². The molecule has 0 amide bonds. The highest BCUT2D eigenvalue weighted by molar-refractivity contribution is 5.44. The topological polar surface area (TPSA) is 58.0 Å². The molecule has 0 aromatic heterocycles. The summed E-state index contributed by atoms with van der Waals surface area (Å²) >= 11 is 0. The van der Waals surface area contributed by atoms with Crippen molar-refractivity contribution in [2.75, 3.05) is 13.2 Å². The summed E-state index contributed by atoms with van der Waals surface area (Å²) in [6.07, 6.45) is 0.747. The Bertz CT molecular complexity index is 409. The Hall–Kier alpha value is -1.67. The summed E-state index contributed by atoms with van der Waals surface area (Å²) in [5.74, 6) is 0.959. The Morgan fingerprint density at radius 1 is 1.25 bits per heavy atom. The second kappa shape index (κ2) is 6.03. The Morgan fingerprint density at radius 3 is 2.62 bits per heavy atom. The van der Waals surface area contributed by atoms with E-state index in [9.17, 15) is 0 Å². The lowest BCUT2D eigenvalue weighted by Crippen LogP contribution is -2.02. The quantitative estimate of drug-likeness (QED) is 0.322. The van der Waals surface area contributed by atoms with Crippen LogP contribution in [-0.2, 0) is 0 Å². The van der Waals surface area contributed by atoms with Gasteiger partial charge in [0.15, 0.2) is 0 Å². The van der Waals surface area contributed by atoms with Crippen molar-refractivity contribution in [3.63, 3.8) is 0 Å². The van der Waals surface area contributed by atoms with E-state index in [1.807, 2.05) is 6.92 Å². The Kier molecular flexibility index (Phi) is 4.67. The molecule has 0 N–H and O–H groups in total. The lowest BCUT2D eigenvalue weighted by atomic mass is 10.1. The third kappa shape index (κ3) is 3.17. The van der Waals surface area contributed by atoms with Crippen molar-refractivity contribution in [1.82, 2.24) is 0 Å². The molecular weight excluding hydrogens is 202 g/mol. The molecule has 4 heteroatoms. The molecule has 1 aromatic rings. The van der Waals surface area contributed by atoms with E-state index in [4.69, 9.17) is 10.3 Å². The van der Waals surface area contributed by atoms with E-state index in [0.29, 0.717) is 13.2 Å². The first-order valence-corrected chi connectivity index (χ1v) is 5.37. The molecule has 1 aromatic carbocycles. The van der Waals surface area contributed by atoms with Crippen LogP contribution in [0, 0.1) is 20.8 Å². The normalized spacial score (nSPS) is 9.69. The third-order valence-electron chi connectivity index (χ3n) is 2.59.